The lowest BCUT2D eigenvalue weighted by Gasteiger charge is -2.24. The predicted octanol–water partition coefficient (Wildman–Crippen LogP) is 4.36. The summed E-state index contributed by atoms with van der Waals surface area (Å²) in [7, 11) is 1.68. The molecule has 0 aliphatic carbocycles. The van der Waals surface area contributed by atoms with Crippen LogP contribution >= 0.6 is 23.2 Å². The van der Waals surface area contributed by atoms with Crippen LogP contribution in [0.5, 0.6) is 0 Å². The second kappa shape index (κ2) is 5.81. The van der Waals surface area contributed by atoms with Crippen molar-refractivity contribution in [1.29, 1.82) is 0 Å². The molecular formula is C13H17Cl2NO2. The fourth-order valence-electron chi connectivity index (χ4n) is 1.32. The van der Waals surface area contributed by atoms with Crippen LogP contribution in [0.3, 0.4) is 0 Å². The highest BCUT2D eigenvalue weighted by Gasteiger charge is 2.19. The van der Waals surface area contributed by atoms with Crippen LogP contribution in [0.15, 0.2) is 18.2 Å². The highest BCUT2D eigenvalue weighted by molar-refractivity contribution is 6.42. The molecule has 0 fully saturated rings. The van der Waals surface area contributed by atoms with Gasteiger partial charge in [-0.05, 0) is 38.5 Å². The maximum Gasteiger partial charge on any atom is 0.410 e. The van der Waals surface area contributed by atoms with Crippen molar-refractivity contribution < 1.29 is 9.53 Å². The average molecular weight is 290 g/mol. The molecule has 18 heavy (non-hydrogen) atoms. The maximum absolute atomic E-state index is 11.8. The molecule has 0 heterocycles. The van der Waals surface area contributed by atoms with Crippen molar-refractivity contribution in [2.75, 3.05) is 7.05 Å². The number of nitrogens with zero attached hydrogens (tertiary/aromatic N) is 1. The van der Waals surface area contributed by atoms with E-state index in [0.29, 0.717) is 16.6 Å². The van der Waals surface area contributed by atoms with Crippen LogP contribution in [0.25, 0.3) is 0 Å². The van der Waals surface area contributed by atoms with E-state index in [1.165, 1.54) is 4.90 Å². The van der Waals surface area contributed by atoms with Gasteiger partial charge in [0.05, 0.1) is 10.0 Å². The second-order valence-electron chi connectivity index (χ2n) is 5.08. The van der Waals surface area contributed by atoms with E-state index in [-0.39, 0.29) is 6.09 Å². The van der Waals surface area contributed by atoms with Gasteiger partial charge in [-0.2, -0.15) is 0 Å². The van der Waals surface area contributed by atoms with Crippen LogP contribution in [-0.4, -0.2) is 23.6 Å². The van der Waals surface area contributed by atoms with Crippen LogP contribution in [0.4, 0.5) is 4.79 Å². The van der Waals surface area contributed by atoms with E-state index in [1.807, 2.05) is 26.8 Å². The highest BCUT2D eigenvalue weighted by Crippen LogP contribution is 2.23. The van der Waals surface area contributed by atoms with Gasteiger partial charge in [0.25, 0.3) is 0 Å². The number of hydrogen-bond acceptors (Lipinski definition) is 2. The molecule has 1 aromatic carbocycles. The summed E-state index contributed by atoms with van der Waals surface area (Å²) in [5.41, 5.74) is 0.404. The van der Waals surface area contributed by atoms with Gasteiger partial charge in [0.2, 0.25) is 0 Å². The molecule has 0 saturated carbocycles. The Bertz CT molecular complexity index is 441. The fourth-order valence-corrected chi connectivity index (χ4v) is 1.64. The Hall–Kier alpha value is -0.930. The Kier molecular flexibility index (Phi) is 4.88. The molecule has 1 rings (SSSR count). The number of hydrogen-bond donors (Lipinski definition) is 0. The topological polar surface area (TPSA) is 29.5 Å². The van der Waals surface area contributed by atoms with Crippen molar-refractivity contribution in [3.05, 3.63) is 33.8 Å². The number of carbonyl (C=O) groups excluding carboxylic acids is 1. The minimum absolute atomic E-state index is 0.367. The first-order valence-electron chi connectivity index (χ1n) is 5.57. The summed E-state index contributed by atoms with van der Waals surface area (Å²) < 4.78 is 5.25. The van der Waals surface area contributed by atoms with E-state index in [0.717, 1.165) is 5.56 Å². The largest absolute Gasteiger partial charge is 0.444 e. The summed E-state index contributed by atoms with van der Waals surface area (Å²) in [5, 5.41) is 0.979. The third-order valence-corrected chi connectivity index (χ3v) is 2.85. The number of ether oxygens (including phenoxy) is 1. The molecule has 1 aromatic rings. The van der Waals surface area contributed by atoms with Gasteiger partial charge in [-0.15, -0.1) is 0 Å². The van der Waals surface area contributed by atoms with Gasteiger partial charge in [-0.1, -0.05) is 29.3 Å². The Morgan fingerprint density at radius 1 is 1.28 bits per heavy atom. The molecule has 0 aliphatic heterocycles. The maximum atomic E-state index is 11.8. The smallest absolute Gasteiger partial charge is 0.410 e. The van der Waals surface area contributed by atoms with Gasteiger partial charge in [-0.3, -0.25) is 0 Å². The van der Waals surface area contributed by atoms with E-state index in [2.05, 4.69) is 0 Å². The van der Waals surface area contributed by atoms with E-state index >= 15 is 0 Å². The Morgan fingerprint density at radius 2 is 1.89 bits per heavy atom. The standard InChI is InChI=1S/C13H17Cl2NO2/c1-13(2,3)18-12(17)16(4)8-9-5-6-10(14)11(15)7-9/h5-7H,8H2,1-4H3. The van der Waals surface area contributed by atoms with Gasteiger partial charge >= 0.3 is 6.09 Å². The number of amides is 1. The van der Waals surface area contributed by atoms with Crippen LogP contribution < -0.4 is 0 Å². The van der Waals surface area contributed by atoms with Crippen molar-refractivity contribution in [3.63, 3.8) is 0 Å². The summed E-state index contributed by atoms with van der Waals surface area (Å²) in [6, 6.07) is 5.28. The normalized spacial score (nSPS) is 11.2. The van der Waals surface area contributed by atoms with Crippen LogP contribution in [0.2, 0.25) is 10.0 Å². The fraction of sp³-hybridized carbons (Fsp3) is 0.462. The molecule has 0 saturated heterocycles. The van der Waals surface area contributed by atoms with Gasteiger partial charge in [0.15, 0.2) is 0 Å². The van der Waals surface area contributed by atoms with Gasteiger partial charge < -0.3 is 9.64 Å². The molecule has 0 aromatic heterocycles. The van der Waals surface area contributed by atoms with Gasteiger partial charge in [0, 0.05) is 13.6 Å². The van der Waals surface area contributed by atoms with E-state index in [1.54, 1.807) is 19.2 Å². The lowest BCUT2D eigenvalue weighted by molar-refractivity contribution is 0.0285. The SMILES string of the molecule is CN(Cc1ccc(Cl)c(Cl)c1)C(=O)OC(C)(C)C. The quantitative estimate of drug-likeness (QED) is 0.810. The summed E-state index contributed by atoms with van der Waals surface area (Å²) >= 11 is 11.7. The van der Waals surface area contributed by atoms with Gasteiger partial charge in [-0.25, -0.2) is 4.79 Å². The van der Waals surface area contributed by atoms with E-state index in [9.17, 15) is 4.79 Å². The Morgan fingerprint density at radius 3 is 2.39 bits per heavy atom. The van der Waals surface area contributed by atoms with Crippen molar-refractivity contribution in [3.8, 4) is 0 Å². The number of benzene rings is 1. The minimum atomic E-state index is -0.497. The number of rotatable bonds is 2. The molecule has 100 valence electrons. The first-order chi connectivity index (χ1) is 8.19. The summed E-state index contributed by atoms with van der Waals surface area (Å²) in [6.45, 7) is 5.92. The molecule has 1 amide bonds. The molecule has 0 radical (unpaired) electrons. The van der Waals surface area contributed by atoms with Crippen molar-refractivity contribution in [1.82, 2.24) is 4.90 Å². The van der Waals surface area contributed by atoms with Crippen LogP contribution in [0.1, 0.15) is 26.3 Å². The molecule has 5 heteroatoms. The zero-order valence-corrected chi connectivity index (χ0v) is 12.5. The minimum Gasteiger partial charge on any atom is -0.444 e. The molecule has 3 nitrogen and oxygen atoms in total. The highest BCUT2D eigenvalue weighted by atomic mass is 35.5. The second-order valence-corrected chi connectivity index (χ2v) is 5.90. The van der Waals surface area contributed by atoms with E-state index < -0.39 is 5.60 Å². The van der Waals surface area contributed by atoms with Gasteiger partial charge in [0.1, 0.15) is 5.60 Å². The number of carbonyl (C=O) groups is 1. The number of halogens is 2. The average Bonchev–Trinajstić information content (AvgIpc) is 2.21. The lowest BCUT2D eigenvalue weighted by Crippen LogP contribution is -2.33. The molecular weight excluding hydrogens is 273 g/mol. The first-order valence-corrected chi connectivity index (χ1v) is 6.32. The molecule has 0 atom stereocenters. The molecule has 0 spiro atoms. The lowest BCUT2D eigenvalue weighted by atomic mass is 10.2. The van der Waals surface area contributed by atoms with Crippen molar-refractivity contribution >= 4 is 29.3 Å². The molecule has 0 bridgehead atoms. The van der Waals surface area contributed by atoms with Crippen LogP contribution in [0, 0.1) is 0 Å². The summed E-state index contributed by atoms with van der Waals surface area (Å²) in [6.07, 6.45) is -0.367. The predicted molar refractivity (Wildman–Crippen MR) is 74.2 cm³/mol. The van der Waals surface area contributed by atoms with Crippen LogP contribution in [-0.2, 0) is 11.3 Å². The summed E-state index contributed by atoms with van der Waals surface area (Å²) in [5.74, 6) is 0. The molecule has 0 unspecified atom stereocenters. The van der Waals surface area contributed by atoms with Crippen molar-refractivity contribution in [2.24, 2.45) is 0 Å². The zero-order chi connectivity index (χ0) is 13.9. The third-order valence-electron chi connectivity index (χ3n) is 2.11. The molecule has 0 aliphatic rings. The van der Waals surface area contributed by atoms with E-state index in [4.69, 9.17) is 27.9 Å². The third kappa shape index (κ3) is 4.75. The monoisotopic (exact) mass is 289 g/mol. The summed E-state index contributed by atoms with van der Waals surface area (Å²) in [4.78, 5) is 13.3. The van der Waals surface area contributed by atoms with Crippen molar-refractivity contribution in [2.45, 2.75) is 32.9 Å². The Balaban J connectivity index is 2.66. The zero-order valence-electron chi connectivity index (χ0n) is 11.0. The molecule has 0 N–H and O–H groups in total. The Labute approximate surface area is 118 Å². The first kappa shape index (κ1) is 15.1.